The molecule has 1 aliphatic rings. The highest BCUT2D eigenvalue weighted by Crippen LogP contribution is 2.43. The van der Waals surface area contributed by atoms with Gasteiger partial charge in [0, 0.05) is 48.2 Å². The van der Waals surface area contributed by atoms with Gasteiger partial charge in [0.1, 0.15) is 22.7 Å². The van der Waals surface area contributed by atoms with Crippen molar-refractivity contribution in [2.75, 3.05) is 19.7 Å². The molecule has 2 N–H and O–H groups in total. The first-order chi connectivity index (χ1) is 16.7. The van der Waals surface area contributed by atoms with Crippen LogP contribution in [0.1, 0.15) is 47.3 Å². The summed E-state index contributed by atoms with van der Waals surface area (Å²) in [6, 6.07) is 5.00. The highest BCUT2D eigenvalue weighted by atomic mass is 16.5. The number of ether oxygens (including phenoxy) is 2. The molecule has 2 amide bonds. The minimum absolute atomic E-state index is 0.242. The summed E-state index contributed by atoms with van der Waals surface area (Å²) in [5.74, 6) is 0.423. The van der Waals surface area contributed by atoms with E-state index in [9.17, 15) is 14.4 Å². The molecule has 3 heterocycles. The summed E-state index contributed by atoms with van der Waals surface area (Å²) in [6.45, 7) is 7.81. The predicted molar refractivity (Wildman–Crippen MR) is 130 cm³/mol. The van der Waals surface area contributed by atoms with Gasteiger partial charge >= 0.3 is 5.63 Å². The summed E-state index contributed by atoms with van der Waals surface area (Å²) in [4.78, 5) is 40.7. The van der Waals surface area contributed by atoms with Gasteiger partial charge in [-0.2, -0.15) is 0 Å². The Bertz CT molecular complexity index is 1330. The van der Waals surface area contributed by atoms with E-state index in [1.807, 2.05) is 20.8 Å². The first kappa shape index (κ1) is 24.3. The van der Waals surface area contributed by atoms with Crippen LogP contribution >= 0.6 is 0 Å². The van der Waals surface area contributed by atoms with Gasteiger partial charge in [0.05, 0.1) is 5.39 Å². The first-order valence-electron chi connectivity index (χ1n) is 11.5. The van der Waals surface area contributed by atoms with E-state index in [-0.39, 0.29) is 37.1 Å². The van der Waals surface area contributed by atoms with Gasteiger partial charge in [-0.3, -0.25) is 14.6 Å². The number of hydrogen-bond acceptors (Lipinski definition) is 7. The number of rotatable bonds is 7. The Balaban J connectivity index is 1.45. The number of carbonyl (C=O) groups excluding carboxylic acids is 2. The maximum Gasteiger partial charge on any atom is 0.339 e. The maximum absolute atomic E-state index is 12.4. The van der Waals surface area contributed by atoms with Crippen LogP contribution in [-0.2, 0) is 11.2 Å². The molecule has 0 saturated heterocycles. The minimum atomic E-state index is -0.397. The lowest BCUT2D eigenvalue weighted by atomic mass is 9.92. The zero-order valence-corrected chi connectivity index (χ0v) is 20.3. The lowest BCUT2D eigenvalue weighted by Crippen LogP contribution is -2.36. The van der Waals surface area contributed by atoms with Crippen molar-refractivity contribution in [3.05, 3.63) is 63.3 Å². The molecule has 184 valence electrons. The molecule has 0 aliphatic carbocycles. The van der Waals surface area contributed by atoms with Gasteiger partial charge in [-0.15, -0.1) is 0 Å². The third kappa shape index (κ3) is 5.29. The largest absolute Gasteiger partial charge is 0.487 e. The van der Waals surface area contributed by atoms with Gasteiger partial charge in [-0.1, -0.05) is 0 Å². The second kappa shape index (κ2) is 9.77. The highest BCUT2D eigenvalue weighted by molar-refractivity contribution is 5.94. The van der Waals surface area contributed by atoms with Crippen LogP contribution in [0.25, 0.3) is 11.0 Å². The van der Waals surface area contributed by atoms with Crippen LogP contribution in [0, 0.1) is 13.8 Å². The van der Waals surface area contributed by atoms with E-state index in [4.69, 9.17) is 13.9 Å². The Kier molecular flexibility index (Phi) is 6.77. The summed E-state index contributed by atoms with van der Waals surface area (Å²) in [6.07, 6.45) is 4.57. The van der Waals surface area contributed by atoms with Gasteiger partial charge in [0.15, 0.2) is 6.61 Å². The molecule has 35 heavy (non-hydrogen) atoms. The van der Waals surface area contributed by atoms with Crippen molar-refractivity contribution >= 4 is 22.8 Å². The Morgan fingerprint density at radius 3 is 2.57 bits per heavy atom. The fraction of sp³-hybridized carbons (Fsp3) is 0.385. The van der Waals surface area contributed by atoms with Gasteiger partial charge < -0.3 is 24.5 Å². The molecule has 3 aromatic rings. The van der Waals surface area contributed by atoms with Crippen molar-refractivity contribution in [3.8, 4) is 11.5 Å². The van der Waals surface area contributed by atoms with Crippen LogP contribution in [0.2, 0.25) is 0 Å². The molecule has 0 spiro atoms. The summed E-state index contributed by atoms with van der Waals surface area (Å²) in [7, 11) is 0. The Morgan fingerprint density at radius 2 is 1.83 bits per heavy atom. The van der Waals surface area contributed by atoms with Crippen LogP contribution in [0.5, 0.6) is 11.5 Å². The molecule has 9 nitrogen and oxygen atoms in total. The number of amides is 2. The Hall–Kier alpha value is -3.88. The third-order valence-corrected chi connectivity index (χ3v) is 6.14. The lowest BCUT2D eigenvalue weighted by Gasteiger charge is -2.33. The molecule has 0 saturated carbocycles. The molecule has 1 aliphatic heterocycles. The van der Waals surface area contributed by atoms with Crippen LogP contribution in [0.4, 0.5) is 0 Å². The molecule has 9 heteroatoms. The van der Waals surface area contributed by atoms with E-state index in [1.54, 1.807) is 37.5 Å². The number of aryl methyl sites for hydroxylation is 2. The Morgan fingerprint density at radius 1 is 1.11 bits per heavy atom. The first-order valence-corrected chi connectivity index (χ1v) is 11.5. The molecule has 0 bridgehead atoms. The number of nitrogens with one attached hydrogen (secondary N) is 2. The van der Waals surface area contributed by atoms with Crippen LogP contribution in [-0.4, -0.2) is 42.1 Å². The van der Waals surface area contributed by atoms with E-state index in [0.717, 1.165) is 17.5 Å². The van der Waals surface area contributed by atoms with Crippen LogP contribution in [0.3, 0.4) is 0 Å². The van der Waals surface area contributed by atoms with E-state index < -0.39 is 5.63 Å². The number of pyridine rings is 1. The lowest BCUT2D eigenvalue weighted by molar-refractivity contribution is -0.123. The van der Waals surface area contributed by atoms with Crippen molar-refractivity contribution in [2.45, 2.75) is 46.1 Å². The van der Waals surface area contributed by atoms with Crippen molar-refractivity contribution in [1.29, 1.82) is 0 Å². The zero-order chi connectivity index (χ0) is 25.2. The topological polar surface area (TPSA) is 120 Å². The third-order valence-electron chi connectivity index (χ3n) is 6.14. The summed E-state index contributed by atoms with van der Waals surface area (Å²) < 4.78 is 17.7. The minimum Gasteiger partial charge on any atom is -0.487 e. The fourth-order valence-electron chi connectivity index (χ4n) is 4.02. The number of carbonyl (C=O) groups is 2. The van der Waals surface area contributed by atoms with Crippen molar-refractivity contribution in [1.82, 2.24) is 15.6 Å². The van der Waals surface area contributed by atoms with Crippen molar-refractivity contribution in [2.24, 2.45) is 0 Å². The molecule has 2 aromatic heterocycles. The standard InChI is InChI=1S/C26H29N3O6/c1-15-16(2)25(32)34-23-18-5-8-26(3,4)35-19(18)13-20(22(15)23)33-14-21(30)28-11-12-29-24(31)17-6-9-27-10-7-17/h6-7,9-10,13H,5,8,11-12,14H2,1-4H3,(H,28,30)(H,29,31). The average Bonchev–Trinajstić information content (AvgIpc) is 2.83. The number of aromatic nitrogens is 1. The fourth-order valence-corrected chi connectivity index (χ4v) is 4.02. The molecule has 4 rings (SSSR count). The Labute approximate surface area is 202 Å². The smallest absolute Gasteiger partial charge is 0.339 e. The van der Waals surface area contributed by atoms with Gasteiger partial charge in [-0.25, -0.2) is 4.79 Å². The molecule has 0 atom stereocenters. The van der Waals surface area contributed by atoms with E-state index in [2.05, 4.69) is 15.6 Å². The maximum atomic E-state index is 12.4. The summed E-state index contributed by atoms with van der Waals surface area (Å²) >= 11 is 0. The van der Waals surface area contributed by atoms with Gasteiger partial charge in [-0.05, 0) is 58.2 Å². The second-order valence-corrected chi connectivity index (χ2v) is 9.19. The number of benzene rings is 1. The predicted octanol–water partition coefficient (Wildman–Crippen LogP) is 2.83. The van der Waals surface area contributed by atoms with Crippen molar-refractivity contribution in [3.63, 3.8) is 0 Å². The van der Waals surface area contributed by atoms with Gasteiger partial charge in [0.2, 0.25) is 0 Å². The van der Waals surface area contributed by atoms with Crippen LogP contribution < -0.4 is 25.7 Å². The quantitative estimate of drug-likeness (QED) is 0.395. The van der Waals surface area contributed by atoms with Crippen LogP contribution in [0.15, 0.2) is 39.8 Å². The molecular formula is C26H29N3O6. The van der Waals surface area contributed by atoms with E-state index >= 15 is 0 Å². The normalized spacial score (nSPS) is 14.1. The second-order valence-electron chi connectivity index (χ2n) is 9.19. The summed E-state index contributed by atoms with van der Waals surface area (Å²) in [5, 5.41) is 6.12. The molecule has 0 radical (unpaired) electrons. The SMILES string of the molecule is Cc1c(C)c2c(OCC(=O)NCCNC(=O)c3ccncc3)cc3c(c2oc1=O)CCC(C)(C)O3. The molecule has 1 aromatic carbocycles. The van der Waals surface area contributed by atoms with Gasteiger partial charge in [0.25, 0.3) is 11.8 Å². The van der Waals surface area contributed by atoms with Crippen molar-refractivity contribution < 1.29 is 23.5 Å². The molecule has 0 fully saturated rings. The number of fused-ring (bicyclic) bond motifs is 3. The van der Waals surface area contributed by atoms with E-state index in [0.29, 0.717) is 40.0 Å². The monoisotopic (exact) mass is 479 g/mol. The van der Waals surface area contributed by atoms with E-state index in [1.165, 1.54) is 0 Å². The highest BCUT2D eigenvalue weighted by Gasteiger charge is 2.31. The molecular weight excluding hydrogens is 450 g/mol. The number of nitrogens with zero attached hydrogens (tertiary/aromatic N) is 1. The number of hydrogen-bond donors (Lipinski definition) is 2. The average molecular weight is 480 g/mol. The zero-order valence-electron chi connectivity index (χ0n) is 20.3. The summed E-state index contributed by atoms with van der Waals surface area (Å²) in [5.41, 5.74) is 2.26. The molecule has 0 unspecified atom stereocenters.